The van der Waals surface area contributed by atoms with Crippen molar-refractivity contribution in [2.45, 2.75) is 0 Å². The van der Waals surface area contributed by atoms with E-state index in [4.69, 9.17) is 4.74 Å². The molecule has 1 amide bonds. The van der Waals surface area contributed by atoms with Crippen molar-refractivity contribution in [3.8, 4) is 5.75 Å². The Bertz CT molecular complexity index is 1170. The van der Waals surface area contributed by atoms with Crippen molar-refractivity contribution in [2.75, 3.05) is 31.0 Å². The van der Waals surface area contributed by atoms with Crippen molar-refractivity contribution in [2.24, 2.45) is 4.99 Å². The Labute approximate surface area is 180 Å². The van der Waals surface area contributed by atoms with Crippen LogP contribution >= 0.6 is 0 Å². The van der Waals surface area contributed by atoms with Gasteiger partial charge in [-0.25, -0.2) is 9.38 Å². The number of hydrogen-bond donors (Lipinski definition) is 0. The van der Waals surface area contributed by atoms with Gasteiger partial charge in [0.05, 0.1) is 18.4 Å². The number of anilines is 2. The minimum Gasteiger partial charge on any atom is -0.497 e. The predicted molar refractivity (Wildman–Crippen MR) is 122 cm³/mol. The van der Waals surface area contributed by atoms with Crippen molar-refractivity contribution in [1.82, 2.24) is 0 Å². The molecule has 5 nitrogen and oxygen atoms in total. The van der Waals surface area contributed by atoms with Crippen LogP contribution in [-0.4, -0.2) is 32.9 Å². The second-order valence-electron chi connectivity index (χ2n) is 7.27. The van der Waals surface area contributed by atoms with Gasteiger partial charge in [-0.05, 0) is 60.2 Å². The van der Waals surface area contributed by atoms with Gasteiger partial charge in [-0.2, -0.15) is 0 Å². The zero-order valence-corrected chi connectivity index (χ0v) is 17.5. The third-order valence-corrected chi connectivity index (χ3v) is 5.02. The van der Waals surface area contributed by atoms with E-state index in [0.29, 0.717) is 11.4 Å². The standard InChI is InChI=1S/C25H22FN3O2/c1-28(2)18-10-8-17(9-11-18)16-23-25(30)29(19-12-14-20(31-3)15-13-19)24(27-23)21-6-4-5-7-22(21)26/h4-16H,1-3H3/b23-16-. The highest BCUT2D eigenvalue weighted by Gasteiger charge is 2.33. The van der Waals surface area contributed by atoms with E-state index in [0.717, 1.165) is 11.3 Å². The molecule has 6 heteroatoms. The molecule has 0 N–H and O–H groups in total. The van der Waals surface area contributed by atoms with E-state index < -0.39 is 5.82 Å². The largest absolute Gasteiger partial charge is 0.497 e. The summed E-state index contributed by atoms with van der Waals surface area (Å²) in [5.74, 6) is 0.158. The van der Waals surface area contributed by atoms with Gasteiger partial charge in [-0.15, -0.1) is 0 Å². The lowest BCUT2D eigenvalue weighted by Gasteiger charge is -2.19. The summed E-state index contributed by atoms with van der Waals surface area (Å²) in [5, 5.41) is 0. The molecule has 0 saturated heterocycles. The molecule has 3 aromatic rings. The minimum absolute atomic E-state index is 0.242. The van der Waals surface area contributed by atoms with Crippen molar-refractivity contribution in [1.29, 1.82) is 0 Å². The molecule has 0 aliphatic carbocycles. The maximum absolute atomic E-state index is 14.6. The third-order valence-electron chi connectivity index (χ3n) is 5.02. The van der Waals surface area contributed by atoms with Crippen molar-refractivity contribution in [3.05, 3.63) is 95.4 Å². The Hall–Kier alpha value is -3.93. The Morgan fingerprint density at radius 1 is 0.968 bits per heavy atom. The summed E-state index contributed by atoms with van der Waals surface area (Å²) in [5.41, 5.74) is 2.97. The number of aliphatic imine (C=N–C) groups is 1. The molecule has 1 aliphatic rings. The number of nitrogens with zero attached hydrogens (tertiary/aromatic N) is 3. The summed E-state index contributed by atoms with van der Waals surface area (Å²) in [6, 6.07) is 21.1. The first-order valence-corrected chi connectivity index (χ1v) is 9.79. The van der Waals surface area contributed by atoms with Crippen LogP contribution in [0, 0.1) is 5.82 Å². The van der Waals surface area contributed by atoms with Gasteiger partial charge >= 0.3 is 0 Å². The SMILES string of the molecule is COc1ccc(N2C(=O)/C(=C/c3ccc(N(C)C)cc3)N=C2c2ccccc2F)cc1. The van der Waals surface area contributed by atoms with E-state index in [1.54, 1.807) is 55.7 Å². The molecule has 0 fully saturated rings. The van der Waals surface area contributed by atoms with Crippen LogP contribution in [0.2, 0.25) is 0 Å². The van der Waals surface area contributed by atoms with Crippen LogP contribution in [0.4, 0.5) is 15.8 Å². The number of amides is 1. The predicted octanol–water partition coefficient (Wildman–Crippen LogP) is 4.73. The summed E-state index contributed by atoms with van der Waals surface area (Å²) >= 11 is 0. The Morgan fingerprint density at radius 2 is 1.65 bits per heavy atom. The number of hydrogen-bond acceptors (Lipinski definition) is 4. The van der Waals surface area contributed by atoms with Gasteiger partial charge in [-0.3, -0.25) is 9.69 Å². The Kier molecular flexibility index (Phi) is 5.54. The van der Waals surface area contributed by atoms with E-state index >= 15 is 0 Å². The lowest BCUT2D eigenvalue weighted by molar-refractivity contribution is -0.113. The Morgan fingerprint density at radius 3 is 2.26 bits per heavy atom. The van der Waals surface area contributed by atoms with Gasteiger partial charge in [-0.1, -0.05) is 24.3 Å². The van der Waals surface area contributed by atoms with Crippen LogP contribution in [0.25, 0.3) is 6.08 Å². The van der Waals surface area contributed by atoms with Gasteiger partial charge in [0.2, 0.25) is 0 Å². The van der Waals surface area contributed by atoms with Gasteiger partial charge < -0.3 is 9.64 Å². The first-order chi connectivity index (χ1) is 15.0. The molecule has 1 heterocycles. The van der Waals surface area contributed by atoms with E-state index in [1.807, 2.05) is 43.3 Å². The van der Waals surface area contributed by atoms with E-state index in [-0.39, 0.29) is 23.0 Å². The summed E-state index contributed by atoms with van der Waals surface area (Å²) in [7, 11) is 5.50. The fourth-order valence-corrected chi connectivity index (χ4v) is 3.34. The average Bonchev–Trinajstić information content (AvgIpc) is 3.10. The molecule has 156 valence electrons. The fraction of sp³-hybridized carbons (Fsp3) is 0.120. The second kappa shape index (κ2) is 8.44. The highest BCUT2D eigenvalue weighted by Crippen LogP contribution is 2.30. The van der Waals surface area contributed by atoms with Crippen molar-refractivity contribution in [3.63, 3.8) is 0 Å². The number of carbonyl (C=O) groups excluding carboxylic acids is 1. The number of carbonyl (C=O) groups is 1. The van der Waals surface area contributed by atoms with Crippen LogP contribution in [0.1, 0.15) is 11.1 Å². The molecule has 31 heavy (non-hydrogen) atoms. The van der Waals surface area contributed by atoms with Crippen LogP contribution in [0.3, 0.4) is 0 Å². The number of ether oxygens (including phenoxy) is 1. The van der Waals surface area contributed by atoms with Gasteiger partial charge in [0.1, 0.15) is 17.3 Å². The quantitative estimate of drug-likeness (QED) is 0.566. The number of benzene rings is 3. The van der Waals surface area contributed by atoms with E-state index in [2.05, 4.69) is 4.99 Å². The highest BCUT2D eigenvalue weighted by molar-refractivity contribution is 6.33. The first kappa shape index (κ1) is 20.3. The Balaban J connectivity index is 1.78. The molecular weight excluding hydrogens is 393 g/mol. The number of amidine groups is 1. The number of halogens is 1. The smallest absolute Gasteiger partial charge is 0.282 e. The maximum atomic E-state index is 14.6. The second-order valence-corrected chi connectivity index (χ2v) is 7.27. The average molecular weight is 415 g/mol. The molecule has 0 aromatic heterocycles. The molecular formula is C25H22FN3O2. The molecule has 0 atom stereocenters. The monoisotopic (exact) mass is 415 g/mol. The van der Waals surface area contributed by atoms with Crippen molar-refractivity contribution < 1.29 is 13.9 Å². The van der Waals surface area contributed by atoms with Crippen molar-refractivity contribution >= 4 is 29.2 Å². The normalized spacial score (nSPS) is 14.7. The summed E-state index contributed by atoms with van der Waals surface area (Å²) in [6.45, 7) is 0. The molecule has 4 rings (SSSR count). The van der Waals surface area contributed by atoms with Crippen LogP contribution in [0.5, 0.6) is 5.75 Å². The molecule has 0 unspecified atom stereocenters. The van der Waals surface area contributed by atoms with Crippen LogP contribution in [-0.2, 0) is 4.79 Å². The summed E-state index contributed by atoms with van der Waals surface area (Å²) in [6.07, 6.45) is 1.71. The van der Waals surface area contributed by atoms with Crippen LogP contribution < -0.4 is 14.5 Å². The number of rotatable bonds is 5. The molecule has 1 aliphatic heterocycles. The third kappa shape index (κ3) is 4.05. The zero-order chi connectivity index (χ0) is 22.0. The highest BCUT2D eigenvalue weighted by atomic mass is 19.1. The minimum atomic E-state index is -0.441. The maximum Gasteiger partial charge on any atom is 0.282 e. The topological polar surface area (TPSA) is 45.1 Å². The fourth-order valence-electron chi connectivity index (χ4n) is 3.34. The molecule has 3 aromatic carbocycles. The summed E-state index contributed by atoms with van der Waals surface area (Å²) in [4.78, 5) is 21.3. The molecule has 0 radical (unpaired) electrons. The van der Waals surface area contributed by atoms with E-state index in [9.17, 15) is 9.18 Å². The lowest BCUT2D eigenvalue weighted by Crippen LogP contribution is -2.33. The van der Waals surface area contributed by atoms with E-state index in [1.165, 1.54) is 11.0 Å². The van der Waals surface area contributed by atoms with Gasteiger partial charge in [0, 0.05) is 19.8 Å². The van der Waals surface area contributed by atoms with Gasteiger partial charge in [0.15, 0.2) is 5.84 Å². The first-order valence-electron chi connectivity index (χ1n) is 9.79. The lowest BCUT2D eigenvalue weighted by atomic mass is 10.1. The summed E-state index contributed by atoms with van der Waals surface area (Å²) < 4.78 is 19.8. The molecule has 0 spiro atoms. The molecule has 0 saturated carbocycles. The van der Waals surface area contributed by atoms with Crippen LogP contribution in [0.15, 0.2) is 83.5 Å². The zero-order valence-electron chi connectivity index (χ0n) is 17.5. The molecule has 0 bridgehead atoms. The van der Waals surface area contributed by atoms with Gasteiger partial charge in [0.25, 0.3) is 5.91 Å². The number of methoxy groups -OCH3 is 1.